The van der Waals surface area contributed by atoms with Crippen LogP contribution in [0.3, 0.4) is 0 Å². The third kappa shape index (κ3) is 8.91. The van der Waals surface area contributed by atoms with E-state index in [0.29, 0.717) is 57.9 Å². The summed E-state index contributed by atoms with van der Waals surface area (Å²) in [6.07, 6.45) is 6.01. The van der Waals surface area contributed by atoms with E-state index < -0.39 is 6.10 Å². The highest BCUT2D eigenvalue weighted by molar-refractivity contribution is 5.81. The van der Waals surface area contributed by atoms with Crippen molar-refractivity contribution in [1.29, 1.82) is 0 Å². The van der Waals surface area contributed by atoms with Gasteiger partial charge < -0.3 is 19.3 Å². The average Bonchev–Trinajstić information content (AvgIpc) is 2.94. The largest absolute Gasteiger partial charge is 0.378 e. The van der Waals surface area contributed by atoms with E-state index >= 15 is 0 Å². The molecular formula is C31H43FN2O4. The number of hydrogen-bond donors (Lipinski definition) is 0. The number of morpholine rings is 1. The molecule has 1 unspecified atom stereocenters. The van der Waals surface area contributed by atoms with Crippen molar-refractivity contribution in [1.82, 2.24) is 9.80 Å². The van der Waals surface area contributed by atoms with Crippen molar-refractivity contribution in [3.63, 3.8) is 0 Å². The lowest BCUT2D eigenvalue weighted by atomic mass is 9.99. The van der Waals surface area contributed by atoms with E-state index in [1.54, 1.807) is 22.9 Å². The van der Waals surface area contributed by atoms with Crippen LogP contribution in [0.4, 0.5) is 4.39 Å². The minimum absolute atomic E-state index is 0.0161. The van der Waals surface area contributed by atoms with Crippen LogP contribution in [-0.4, -0.2) is 67.7 Å². The van der Waals surface area contributed by atoms with Gasteiger partial charge in [0, 0.05) is 51.7 Å². The first-order chi connectivity index (χ1) is 18.4. The number of ether oxygens (including phenoxy) is 2. The van der Waals surface area contributed by atoms with Gasteiger partial charge >= 0.3 is 0 Å². The fourth-order valence-electron chi connectivity index (χ4n) is 4.77. The fourth-order valence-corrected chi connectivity index (χ4v) is 4.77. The van der Waals surface area contributed by atoms with Gasteiger partial charge in [0.05, 0.1) is 13.2 Å². The van der Waals surface area contributed by atoms with Gasteiger partial charge in [0.1, 0.15) is 11.9 Å². The molecule has 6 nitrogen and oxygen atoms in total. The maximum atomic E-state index is 14.8. The van der Waals surface area contributed by atoms with Gasteiger partial charge in [-0.15, -0.1) is 0 Å². The van der Waals surface area contributed by atoms with Crippen LogP contribution in [0.2, 0.25) is 0 Å². The minimum Gasteiger partial charge on any atom is -0.378 e. The zero-order valence-electron chi connectivity index (χ0n) is 23.2. The van der Waals surface area contributed by atoms with Crippen LogP contribution in [0.5, 0.6) is 0 Å². The number of nitrogens with zero attached hydrogens (tertiary/aromatic N) is 2. The number of hydrogen-bond acceptors (Lipinski definition) is 4. The van der Waals surface area contributed by atoms with Gasteiger partial charge in [0.2, 0.25) is 5.91 Å². The van der Waals surface area contributed by atoms with Crippen molar-refractivity contribution in [2.45, 2.75) is 71.4 Å². The highest BCUT2D eigenvalue weighted by atomic mass is 19.1. The van der Waals surface area contributed by atoms with E-state index in [1.165, 1.54) is 25.3 Å². The lowest BCUT2D eigenvalue weighted by molar-refractivity contribution is -0.147. The molecule has 1 heterocycles. The molecule has 2 amide bonds. The number of amides is 2. The smallest absolute Gasteiger partial charge is 0.252 e. The van der Waals surface area contributed by atoms with Crippen LogP contribution in [-0.2, 0) is 32.0 Å². The molecule has 1 aliphatic heterocycles. The van der Waals surface area contributed by atoms with E-state index in [4.69, 9.17) is 9.47 Å². The van der Waals surface area contributed by atoms with Gasteiger partial charge in [0.15, 0.2) is 0 Å². The van der Waals surface area contributed by atoms with Crippen LogP contribution in [0.1, 0.15) is 63.5 Å². The highest BCUT2D eigenvalue weighted by Crippen LogP contribution is 2.26. The van der Waals surface area contributed by atoms with E-state index in [9.17, 15) is 14.0 Å². The van der Waals surface area contributed by atoms with Gasteiger partial charge in [-0.05, 0) is 42.2 Å². The van der Waals surface area contributed by atoms with Crippen molar-refractivity contribution in [3.8, 4) is 11.1 Å². The maximum absolute atomic E-state index is 14.8. The Bertz CT molecular complexity index is 1020. The summed E-state index contributed by atoms with van der Waals surface area (Å²) in [5.41, 5.74) is 3.10. The molecular weight excluding hydrogens is 483 g/mol. The molecule has 0 aromatic heterocycles. The molecule has 38 heavy (non-hydrogen) atoms. The molecule has 7 heteroatoms. The molecule has 0 aliphatic carbocycles. The third-order valence-electron chi connectivity index (χ3n) is 7.02. The molecule has 1 atom stereocenters. The molecule has 1 saturated heterocycles. The lowest BCUT2D eigenvalue weighted by Crippen LogP contribution is -2.47. The number of halogens is 1. The summed E-state index contributed by atoms with van der Waals surface area (Å²) >= 11 is 0. The minimum atomic E-state index is -0.552. The summed E-state index contributed by atoms with van der Waals surface area (Å²) in [4.78, 5) is 29.0. The standard InChI is InChI=1S/C31H43FN2O4/c1-4-6-7-8-9-10-30(35)33(3)23-25-13-16-28(32)27(21-25)26-14-11-24(12-15-26)22-29(38-5-2)31(36)34-17-19-37-20-18-34/h11-16,21,29H,4-10,17-20,22-23H2,1-3H3. The summed E-state index contributed by atoms with van der Waals surface area (Å²) < 4.78 is 25.9. The molecule has 2 aromatic rings. The average molecular weight is 527 g/mol. The van der Waals surface area contributed by atoms with Gasteiger partial charge in [-0.1, -0.05) is 62.9 Å². The molecule has 0 N–H and O–H groups in total. The van der Waals surface area contributed by atoms with Crippen molar-refractivity contribution >= 4 is 11.8 Å². The summed E-state index contributed by atoms with van der Waals surface area (Å²) in [5, 5.41) is 0. The number of carbonyl (C=O) groups excluding carboxylic acids is 2. The predicted molar refractivity (Wildman–Crippen MR) is 148 cm³/mol. The van der Waals surface area contributed by atoms with Gasteiger partial charge in [-0.2, -0.15) is 0 Å². The van der Waals surface area contributed by atoms with Gasteiger partial charge in [-0.25, -0.2) is 4.39 Å². The quantitative estimate of drug-likeness (QED) is 0.300. The Kier molecular flexibility index (Phi) is 12.2. The Labute approximate surface area is 227 Å². The number of rotatable bonds is 14. The normalized spacial score (nSPS) is 14.4. The summed E-state index contributed by atoms with van der Waals surface area (Å²) in [6.45, 7) is 7.22. The van der Waals surface area contributed by atoms with Crippen LogP contribution in [0.25, 0.3) is 11.1 Å². The fraction of sp³-hybridized carbons (Fsp3) is 0.548. The zero-order chi connectivity index (χ0) is 27.3. The Morgan fingerprint density at radius 1 is 1.00 bits per heavy atom. The molecule has 0 saturated carbocycles. The van der Waals surface area contributed by atoms with Gasteiger partial charge in [-0.3, -0.25) is 9.59 Å². The summed E-state index contributed by atoms with van der Waals surface area (Å²) in [5.74, 6) is -0.203. The van der Waals surface area contributed by atoms with Crippen molar-refractivity contribution in [2.75, 3.05) is 40.0 Å². The molecule has 1 fully saturated rings. The van der Waals surface area contributed by atoms with Crippen molar-refractivity contribution in [2.24, 2.45) is 0 Å². The number of carbonyl (C=O) groups is 2. The predicted octanol–water partition coefficient (Wildman–Crippen LogP) is 5.62. The van der Waals surface area contributed by atoms with Crippen LogP contribution >= 0.6 is 0 Å². The topological polar surface area (TPSA) is 59.1 Å². The second-order valence-electron chi connectivity index (χ2n) is 10.0. The Balaban J connectivity index is 1.62. The van der Waals surface area contributed by atoms with E-state index in [-0.39, 0.29) is 17.6 Å². The van der Waals surface area contributed by atoms with E-state index in [1.807, 2.05) is 37.3 Å². The molecule has 0 bridgehead atoms. The first-order valence-electron chi connectivity index (χ1n) is 14.0. The number of benzene rings is 2. The van der Waals surface area contributed by atoms with Crippen LogP contribution < -0.4 is 0 Å². The summed E-state index contributed by atoms with van der Waals surface area (Å²) in [6, 6.07) is 12.6. The summed E-state index contributed by atoms with van der Waals surface area (Å²) in [7, 11) is 1.80. The molecule has 1 aliphatic rings. The zero-order valence-corrected chi connectivity index (χ0v) is 23.2. The molecule has 0 radical (unpaired) electrons. The first kappa shape index (κ1) is 29.8. The lowest BCUT2D eigenvalue weighted by Gasteiger charge is -2.30. The SMILES string of the molecule is CCCCCCCC(=O)N(C)Cc1ccc(F)c(-c2ccc(CC(OCC)C(=O)N3CCOCC3)cc2)c1. The molecule has 2 aromatic carbocycles. The molecule has 3 rings (SSSR count). The maximum Gasteiger partial charge on any atom is 0.252 e. The van der Waals surface area contributed by atoms with E-state index in [2.05, 4.69) is 6.92 Å². The van der Waals surface area contributed by atoms with Crippen molar-refractivity contribution in [3.05, 3.63) is 59.4 Å². The number of unbranched alkanes of at least 4 members (excludes halogenated alkanes) is 4. The van der Waals surface area contributed by atoms with Gasteiger partial charge in [0.25, 0.3) is 5.91 Å². The Morgan fingerprint density at radius 2 is 1.68 bits per heavy atom. The highest BCUT2D eigenvalue weighted by Gasteiger charge is 2.26. The molecule has 0 spiro atoms. The van der Waals surface area contributed by atoms with Crippen LogP contribution in [0, 0.1) is 5.82 Å². The van der Waals surface area contributed by atoms with Crippen molar-refractivity contribution < 1.29 is 23.5 Å². The van der Waals surface area contributed by atoms with Crippen LogP contribution in [0.15, 0.2) is 42.5 Å². The Morgan fingerprint density at radius 3 is 2.37 bits per heavy atom. The van der Waals surface area contributed by atoms with E-state index in [0.717, 1.165) is 29.5 Å². The first-order valence-corrected chi connectivity index (χ1v) is 14.0. The molecule has 208 valence electrons. The Hall–Kier alpha value is -2.77. The third-order valence-corrected chi connectivity index (χ3v) is 7.02. The second kappa shape index (κ2) is 15.6. The second-order valence-corrected chi connectivity index (χ2v) is 10.0. The monoisotopic (exact) mass is 526 g/mol.